The number of hydrogen-bond donors (Lipinski definition) is 1. The maximum absolute atomic E-state index is 12.9. The van der Waals surface area contributed by atoms with E-state index in [0.29, 0.717) is 19.6 Å². The lowest BCUT2D eigenvalue weighted by atomic mass is 10.1. The number of hydrogen-bond acceptors (Lipinski definition) is 3. The Labute approximate surface area is 135 Å². The van der Waals surface area contributed by atoms with Crippen LogP contribution in [0.2, 0.25) is 0 Å². The fourth-order valence-corrected chi connectivity index (χ4v) is 4.03. The molecule has 0 radical (unpaired) electrons. The number of carbonyl (C=O) groups excluding carboxylic acids is 1. The number of rotatable bonds is 5. The fourth-order valence-electron chi connectivity index (χ4n) is 2.75. The first-order valence-corrected chi connectivity index (χ1v) is 8.43. The summed E-state index contributed by atoms with van der Waals surface area (Å²) >= 11 is 1.68. The van der Waals surface area contributed by atoms with Crippen LogP contribution >= 0.6 is 11.8 Å². The highest BCUT2D eigenvalue weighted by molar-refractivity contribution is 8.01. The molecule has 0 spiro atoms. The number of amides is 1. The lowest BCUT2D eigenvalue weighted by Gasteiger charge is -2.25. The van der Waals surface area contributed by atoms with E-state index in [2.05, 4.69) is 12.1 Å². The Kier molecular flexibility index (Phi) is 4.80. The van der Waals surface area contributed by atoms with Crippen molar-refractivity contribution in [1.82, 2.24) is 4.90 Å². The highest BCUT2D eigenvalue weighted by Crippen LogP contribution is 2.37. The van der Waals surface area contributed by atoms with Crippen LogP contribution in [0.1, 0.15) is 11.1 Å². The van der Waals surface area contributed by atoms with Crippen LogP contribution < -0.4 is 5.73 Å². The first kappa shape index (κ1) is 15.1. The molecule has 3 rings (SSSR count). The topological polar surface area (TPSA) is 46.3 Å². The molecule has 0 saturated carbocycles. The van der Waals surface area contributed by atoms with Crippen LogP contribution in [0.4, 0.5) is 0 Å². The molecule has 1 atom stereocenters. The number of fused-ring (bicyclic) bond motifs is 1. The van der Waals surface area contributed by atoms with Crippen LogP contribution in [0.15, 0.2) is 59.5 Å². The van der Waals surface area contributed by atoms with Gasteiger partial charge in [0.05, 0.1) is 5.25 Å². The highest BCUT2D eigenvalue weighted by atomic mass is 32.2. The molecule has 3 nitrogen and oxygen atoms in total. The van der Waals surface area contributed by atoms with Gasteiger partial charge in [-0.2, -0.15) is 0 Å². The predicted molar refractivity (Wildman–Crippen MR) is 90.7 cm³/mol. The van der Waals surface area contributed by atoms with Gasteiger partial charge >= 0.3 is 0 Å². The molecule has 0 aliphatic carbocycles. The quantitative estimate of drug-likeness (QED) is 0.923. The van der Waals surface area contributed by atoms with Crippen LogP contribution in [0.3, 0.4) is 0 Å². The van der Waals surface area contributed by atoms with Crippen molar-refractivity contribution in [2.45, 2.75) is 23.1 Å². The summed E-state index contributed by atoms with van der Waals surface area (Å²) in [5, 5.41) is -0.0207. The Bertz CT molecular complexity index is 620. The van der Waals surface area contributed by atoms with E-state index >= 15 is 0 Å². The minimum Gasteiger partial charge on any atom is -0.336 e. The minimum absolute atomic E-state index is 0.0207. The standard InChI is InChI=1S/C18H20N2OS/c19-10-11-20(13-14-6-2-1-3-7-14)18(21)17-12-15-8-4-5-9-16(15)22-17/h1-9,17H,10-13,19H2. The SMILES string of the molecule is NCCN(Cc1ccccc1)C(=O)C1Cc2ccccc2S1. The predicted octanol–water partition coefficient (Wildman–Crippen LogP) is 2.69. The van der Waals surface area contributed by atoms with Crippen molar-refractivity contribution < 1.29 is 4.79 Å². The summed E-state index contributed by atoms with van der Waals surface area (Å²) < 4.78 is 0. The van der Waals surface area contributed by atoms with E-state index in [1.165, 1.54) is 10.5 Å². The normalized spacial score (nSPS) is 16.3. The molecule has 0 bridgehead atoms. The molecule has 1 amide bonds. The number of nitrogens with two attached hydrogens (primary N) is 1. The van der Waals surface area contributed by atoms with Gasteiger partial charge in [0.25, 0.3) is 0 Å². The van der Waals surface area contributed by atoms with Crippen molar-refractivity contribution >= 4 is 17.7 Å². The Morgan fingerprint density at radius 3 is 2.59 bits per heavy atom. The Morgan fingerprint density at radius 1 is 1.14 bits per heavy atom. The first-order valence-electron chi connectivity index (χ1n) is 7.55. The van der Waals surface area contributed by atoms with Gasteiger partial charge in [-0.3, -0.25) is 4.79 Å². The van der Waals surface area contributed by atoms with Gasteiger partial charge in [-0.1, -0.05) is 48.5 Å². The van der Waals surface area contributed by atoms with Gasteiger partial charge in [-0.05, 0) is 23.6 Å². The Morgan fingerprint density at radius 2 is 1.86 bits per heavy atom. The number of carbonyl (C=O) groups is 1. The van der Waals surface area contributed by atoms with E-state index in [4.69, 9.17) is 5.73 Å². The van der Waals surface area contributed by atoms with Crippen LogP contribution in [0.5, 0.6) is 0 Å². The van der Waals surface area contributed by atoms with Crippen LogP contribution in [-0.2, 0) is 17.8 Å². The third-order valence-electron chi connectivity index (χ3n) is 3.85. The molecule has 4 heteroatoms. The van der Waals surface area contributed by atoms with Crippen LogP contribution in [0.25, 0.3) is 0 Å². The van der Waals surface area contributed by atoms with Crippen molar-refractivity contribution in [3.05, 3.63) is 65.7 Å². The third-order valence-corrected chi connectivity index (χ3v) is 5.15. The number of nitrogens with zero attached hydrogens (tertiary/aromatic N) is 1. The smallest absolute Gasteiger partial charge is 0.236 e. The molecule has 1 aliphatic heterocycles. The zero-order valence-electron chi connectivity index (χ0n) is 12.4. The summed E-state index contributed by atoms with van der Waals surface area (Å²) in [4.78, 5) is 16.0. The van der Waals surface area contributed by atoms with Gasteiger partial charge in [-0.15, -0.1) is 11.8 Å². The average molecular weight is 312 g/mol. The van der Waals surface area contributed by atoms with Gasteiger partial charge < -0.3 is 10.6 Å². The van der Waals surface area contributed by atoms with Crippen molar-refractivity contribution in [2.75, 3.05) is 13.1 Å². The minimum atomic E-state index is -0.0207. The highest BCUT2D eigenvalue weighted by Gasteiger charge is 2.31. The van der Waals surface area contributed by atoms with Crippen molar-refractivity contribution in [2.24, 2.45) is 5.73 Å². The molecule has 0 fully saturated rings. The lowest BCUT2D eigenvalue weighted by molar-refractivity contribution is -0.131. The number of thioether (sulfide) groups is 1. The van der Waals surface area contributed by atoms with Gasteiger partial charge in [0.1, 0.15) is 0 Å². The van der Waals surface area contributed by atoms with Gasteiger partial charge in [0.15, 0.2) is 0 Å². The fraction of sp³-hybridized carbons (Fsp3) is 0.278. The van der Waals surface area contributed by atoms with Crippen molar-refractivity contribution in [3.8, 4) is 0 Å². The molecule has 0 saturated heterocycles. The summed E-state index contributed by atoms with van der Waals surface area (Å²) in [6.07, 6.45) is 0.815. The molecule has 1 unspecified atom stereocenters. The van der Waals surface area contributed by atoms with E-state index in [1.54, 1.807) is 11.8 Å². The molecule has 2 N–H and O–H groups in total. The van der Waals surface area contributed by atoms with E-state index in [-0.39, 0.29) is 11.2 Å². The van der Waals surface area contributed by atoms with Crippen LogP contribution in [0, 0.1) is 0 Å². The van der Waals surface area contributed by atoms with E-state index in [9.17, 15) is 4.79 Å². The lowest BCUT2D eigenvalue weighted by Crippen LogP contribution is -2.40. The maximum Gasteiger partial charge on any atom is 0.236 e. The molecule has 114 valence electrons. The molecule has 22 heavy (non-hydrogen) atoms. The van der Waals surface area contributed by atoms with Crippen molar-refractivity contribution in [1.29, 1.82) is 0 Å². The molecule has 1 aliphatic rings. The maximum atomic E-state index is 12.9. The summed E-state index contributed by atoms with van der Waals surface area (Å²) in [5.74, 6) is 0.190. The van der Waals surface area contributed by atoms with Gasteiger partial charge in [0.2, 0.25) is 5.91 Å². The Hall–Kier alpha value is -1.78. The number of benzene rings is 2. The third kappa shape index (κ3) is 3.34. The largest absolute Gasteiger partial charge is 0.336 e. The second kappa shape index (κ2) is 6.99. The average Bonchev–Trinajstić information content (AvgIpc) is 2.99. The molecular weight excluding hydrogens is 292 g/mol. The van der Waals surface area contributed by atoms with E-state index in [0.717, 1.165) is 12.0 Å². The molecule has 2 aromatic carbocycles. The van der Waals surface area contributed by atoms with E-state index < -0.39 is 0 Å². The second-order valence-electron chi connectivity index (χ2n) is 5.45. The van der Waals surface area contributed by atoms with Crippen molar-refractivity contribution in [3.63, 3.8) is 0 Å². The molecule has 0 aromatic heterocycles. The summed E-state index contributed by atoms with van der Waals surface area (Å²) in [6, 6.07) is 18.4. The molecule has 2 aromatic rings. The Balaban J connectivity index is 1.71. The monoisotopic (exact) mass is 312 g/mol. The van der Waals surface area contributed by atoms with E-state index in [1.807, 2.05) is 47.4 Å². The summed E-state index contributed by atoms with van der Waals surface area (Å²) in [6.45, 7) is 1.72. The van der Waals surface area contributed by atoms with Crippen LogP contribution in [-0.4, -0.2) is 29.1 Å². The zero-order valence-corrected chi connectivity index (χ0v) is 13.3. The second-order valence-corrected chi connectivity index (χ2v) is 6.70. The summed E-state index contributed by atoms with van der Waals surface area (Å²) in [7, 11) is 0. The first-order chi connectivity index (χ1) is 10.8. The summed E-state index contributed by atoms with van der Waals surface area (Å²) in [5.41, 5.74) is 8.12. The van der Waals surface area contributed by atoms with Gasteiger partial charge in [0, 0.05) is 24.5 Å². The zero-order chi connectivity index (χ0) is 15.4. The molecular formula is C18H20N2OS. The molecule has 1 heterocycles. The van der Waals surface area contributed by atoms with Gasteiger partial charge in [-0.25, -0.2) is 0 Å².